The zero-order chi connectivity index (χ0) is 27.1. The average molecular weight is 518 g/mol. The topological polar surface area (TPSA) is 81.6 Å². The zero-order valence-corrected chi connectivity index (χ0v) is 23.4. The lowest BCUT2D eigenvalue weighted by Crippen LogP contribution is -2.37. The predicted octanol–water partition coefficient (Wildman–Crippen LogP) is 5.77. The third-order valence-electron chi connectivity index (χ3n) is 6.93. The number of methoxy groups -OCH3 is 2. The van der Waals surface area contributed by atoms with E-state index in [-0.39, 0.29) is 0 Å². The molecule has 8 heteroatoms. The highest BCUT2D eigenvalue weighted by atomic mass is 16.5. The highest BCUT2D eigenvalue weighted by Gasteiger charge is 2.17. The van der Waals surface area contributed by atoms with Crippen LogP contribution in [-0.2, 0) is 17.6 Å². The van der Waals surface area contributed by atoms with E-state index in [0.717, 1.165) is 55.4 Å². The molecule has 3 aromatic rings. The van der Waals surface area contributed by atoms with E-state index in [1.165, 1.54) is 27.8 Å². The molecule has 1 aliphatic heterocycles. The minimum absolute atomic E-state index is 0.562. The lowest BCUT2D eigenvalue weighted by molar-refractivity contribution is 0.122. The van der Waals surface area contributed by atoms with E-state index in [1.807, 2.05) is 12.1 Å². The molecule has 4 rings (SSSR count). The summed E-state index contributed by atoms with van der Waals surface area (Å²) in [6.45, 7) is 11.5. The number of morpholine rings is 1. The fourth-order valence-electron chi connectivity index (χ4n) is 4.47. The van der Waals surface area contributed by atoms with Crippen LogP contribution in [-0.4, -0.2) is 55.5 Å². The molecule has 0 radical (unpaired) electrons. The number of rotatable bonds is 10. The number of hydrogen-bond acceptors (Lipinski definition) is 8. The monoisotopic (exact) mass is 517 g/mol. The Labute approximate surface area is 226 Å². The van der Waals surface area contributed by atoms with Crippen LogP contribution in [0.2, 0.25) is 0 Å². The van der Waals surface area contributed by atoms with Crippen molar-refractivity contribution in [3.63, 3.8) is 0 Å². The van der Waals surface area contributed by atoms with Crippen LogP contribution >= 0.6 is 0 Å². The highest BCUT2D eigenvalue weighted by molar-refractivity contribution is 5.72. The minimum Gasteiger partial charge on any atom is -0.493 e. The van der Waals surface area contributed by atoms with Crippen molar-refractivity contribution in [2.75, 3.05) is 50.7 Å². The Morgan fingerprint density at radius 2 is 1.68 bits per heavy atom. The molecule has 0 atom stereocenters. The Morgan fingerprint density at radius 1 is 0.921 bits per heavy atom. The number of hydrogen-bond donors (Lipinski definition) is 1. The molecular weight excluding hydrogens is 478 g/mol. The molecule has 8 nitrogen and oxygen atoms in total. The number of anilines is 3. The largest absolute Gasteiger partial charge is 0.493 e. The first-order valence-electron chi connectivity index (χ1n) is 13.2. The maximum Gasteiger partial charge on any atom is 0.232 e. The van der Waals surface area contributed by atoms with Gasteiger partial charge in [0.05, 0.1) is 27.4 Å². The maximum absolute atomic E-state index is 5.54. The predicted molar refractivity (Wildman–Crippen MR) is 153 cm³/mol. The molecule has 1 N–H and O–H groups in total. The summed E-state index contributed by atoms with van der Waals surface area (Å²) >= 11 is 0. The summed E-state index contributed by atoms with van der Waals surface area (Å²) in [5, 5.41) is 3.45. The van der Waals surface area contributed by atoms with Gasteiger partial charge in [0.1, 0.15) is 5.82 Å². The van der Waals surface area contributed by atoms with Crippen molar-refractivity contribution < 1.29 is 14.2 Å². The van der Waals surface area contributed by atoms with Gasteiger partial charge in [-0.2, -0.15) is 15.0 Å². The van der Waals surface area contributed by atoms with Crippen LogP contribution in [0, 0.1) is 6.92 Å². The van der Waals surface area contributed by atoms with Gasteiger partial charge >= 0.3 is 0 Å². The summed E-state index contributed by atoms with van der Waals surface area (Å²) in [6.07, 6.45) is 2.51. The van der Waals surface area contributed by atoms with Crippen molar-refractivity contribution in [1.29, 1.82) is 0 Å². The Hall–Kier alpha value is -3.65. The first-order chi connectivity index (χ1) is 18.4. The Kier molecular flexibility index (Phi) is 9.18. The van der Waals surface area contributed by atoms with Gasteiger partial charge in [0, 0.05) is 25.2 Å². The minimum atomic E-state index is 0.562. The number of nitrogens with zero attached hydrogens (tertiary/aromatic N) is 4. The van der Waals surface area contributed by atoms with Crippen LogP contribution in [0.4, 0.5) is 17.6 Å². The summed E-state index contributed by atoms with van der Waals surface area (Å²) in [5.41, 5.74) is 7.21. The summed E-state index contributed by atoms with van der Waals surface area (Å²) in [5.74, 6) is 3.51. The van der Waals surface area contributed by atoms with E-state index >= 15 is 0 Å². The van der Waals surface area contributed by atoms with Gasteiger partial charge in [-0.25, -0.2) is 0 Å². The van der Waals surface area contributed by atoms with Gasteiger partial charge in [-0.1, -0.05) is 17.7 Å². The van der Waals surface area contributed by atoms with Gasteiger partial charge < -0.3 is 24.4 Å². The molecule has 0 spiro atoms. The molecule has 38 heavy (non-hydrogen) atoms. The first kappa shape index (κ1) is 27.4. The van der Waals surface area contributed by atoms with Gasteiger partial charge in [-0.15, -0.1) is 0 Å². The van der Waals surface area contributed by atoms with E-state index in [1.54, 1.807) is 14.2 Å². The Bertz CT molecular complexity index is 1280. The van der Waals surface area contributed by atoms with Crippen LogP contribution in [0.15, 0.2) is 42.0 Å². The fourth-order valence-corrected chi connectivity index (χ4v) is 4.47. The Balaban J connectivity index is 1.55. The average Bonchev–Trinajstić information content (AvgIpc) is 2.94. The zero-order valence-electron chi connectivity index (χ0n) is 23.4. The molecule has 1 saturated heterocycles. The van der Waals surface area contributed by atoms with Gasteiger partial charge in [0.25, 0.3) is 0 Å². The smallest absolute Gasteiger partial charge is 0.232 e. The third-order valence-corrected chi connectivity index (χ3v) is 6.93. The standard InChI is InChI=1S/C30H39N5O3/c1-20(2)22(4)25-19-24(12-10-21(25)3)31-29-32-28(33-30(34-29)35-14-16-38-17-15-35)9-7-8-23-11-13-26(36-5)27(18-23)37-6/h10-13,18-19H,7-9,14-17H2,1-6H3,(H,31,32,33,34). The number of ether oxygens (including phenoxy) is 3. The number of benzene rings is 2. The molecule has 1 fully saturated rings. The molecule has 1 aromatic heterocycles. The highest BCUT2D eigenvalue weighted by Crippen LogP contribution is 2.29. The molecule has 2 aromatic carbocycles. The van der Waals surface area contributed by atoms with Crippen LogP contribution in [0.5, 0.6) is 11.5 Å². The van der Waals surface area contributed by atoms with Crippen molar-refractivity contribution in [2.24, 2.45) is 0 Å². The summed E-state index contributed by atoms with van der Waals surface area (Å²) in [7, 11) is 3.31. The van der Waals surface area contributed by atoms with Crippen LogP contribution in [0.1, 0.15) is 49.7 Å². The normalized spacial score (nSPS) is 13.3. The molecular formula is C30H39N5O3. The van der Waals surface area contributed by atoms with E-state index < -0.39 is 0 Å². The van der Waals surface area contributed by atoms with E-state index in [0.29, 0.717) is 25.1 Å². The number of aromatic nitrogens is 3. The van der Waals surface area contributed by atoms with Crippen LogP contribution in [0.25, 0.3) is 5.57 Å². The molecule has 0 unspecified atom stereocenters. The van der Waals surface area contributed by atoms with E-state index in [9.17, 15) is 0 Å². The van der Waals surface area contributed by atoms with Crippen molar-refractivity contribution >= 4 is 23.2 Å². The quantitative estimate of drug-likeness (QED) is 0.363. The van der Waals surface area contributed by atoms with E-state index in [2.05, 4.69) is 62.2 Å². The lowest BCUT2D eigenvalue weighted by Gasteiger charge is -2.27. The molecule has 2 heterocycles. The van der Waals surface area contributed by atoms with Crippen molar-refractivity contribution in [1.82, 2.24) is 15.0 Å². The second kappa shape index (κ2) is 12.7. The second-order valence-corrected chi connectivity index (χ2v) is 9.80. The van der Waals surface area contributed by atoms with Crippen molar-refractivity contribution in [3.8, 4) is 11.5 Å². The first-order valence-corrected chi connectivity index (χ1v) is 13.2. The van der Waals surface area contributed by atoms with Crippen molar-refractivity contribution in [3.05, 3.63) is 64.5 Å². The molecule has 0 saturated carbocycles. The third kappa shape index (κ3) is 6.81. The summed E-state index contributed by atoms with van der Waals surface area (Å²) in [4.78, 5) is 16.6. The number of nitrogens with one attached hydrogen (secondary N) is 1. The lowest BCUT2D eigenvalue weighted by atomic mass is 9.98. The maximum atomic E-state index is 5.54. The van der Waals surface area contributed by atoms with E-state index in [4.69, 9.17) is 29.2 Å². The fraction of sp³-hybridized carbons (Fsp3) is 0.433. The molecule has 0 amide bonds. The van der Waals surface area contributed by atoms with Crippen LogP contribution in [0.3, 0.4) is 0 Å². The Morgan fingerprint density at radius 3 is 2.39 bits per heavy atom. The molecule has 1 aliphatic rings. The van der Waals surface area contributed by atoms with Gasteiger partial charge in [-0.3, -0.25) is 0 Å². The van der Waals surface area contributed by atoms with Crippen molar-refractivity contribution in [2.45, 2.75) is 47.0 Å². The summed E-state index contributed by atoms with van der Waals surface area (Å²) in [6, 6.07) is 12.4. The van der Waals surface area contributed by atoms with Gasteiger partial charge in [-0.05, 0) is 87.1 Å². The van der Waals surface area contributed by atoms with Gasteiger partial charge in [0.2, 0.25) is 11.9 Å². The second-order valence-electron chi connectivity index (χ2n) is 9.80. The molecule has 202 valence electrons. The summed E-state index contributed by atoms with van der Waals surface area (Å²) < 4.78 is 16.4. The molecule has 0 aliphatic carbocycles. The molecule has 0 bridgehead atoms. The number of aryl methyl sites for hydroxylation is 3. The van der Waals surface area contributed by atoms with Crippen LogP contribution < -0.4 is 19.7 Å². The number of allylic oxidation sites excluding steroid dienone is 2. The SMILES string of the molecule is COc1ccc(CCCc2nc(Nc3ccc(C)c(C(C)=C(C)C)c3)nc(N3CCOCC3)n2)cc1OC. The van der Waals surface area contributed by atoms with Gasteiger partial charge in [0.15, 0.2) is 11.5 Å².